The van der Waals surface area contributed by atoms with Crippen LogP contribution in [-0.4, -0.2) is 5.97 Å². The number of ether oxygens (including phenoxy) is 1. The Hall–Kier alpha value is -2.40. The summed E-state index contributed by atoms with van der Waals surface area (Å²) in [5.74, 6) is -0.424. The van der Waals surface area contributed by atoms with Gasteiger partial charge in [-0.3, -0.25) is 0 Å². The lowest BCUT2D eigenvalue weighted by Gasteiger charge is -2.08. The first-order valence-electron chi connectivity index (χ1n) is 6.99. The van der Waals surface area contributed by atoms with Crippen LogP contribution in [-0.2, 0) is 11.3 Å². The summed E-state index contributed by atoms with van der Waals surface area (Å²) in [6.45, 7) is 1.92. The molecule has 4 nitrogen and oxygen atoms in total. The average molecular weight is 373 g/mol. The van der Waals surface area contributed by atoms with Gasteiger partial charge in [-0.2, -0.15) is 0 Å². The number of esters is 1. The molecule has 0 aliphatic rings. The molecule has 0 fully saturated rings. The third-order valence-corrected chi connectivity index (χ3v) is 3.90. The average Bonchev–Trinajstić information content (AvgIpc) is 2.51. The largest absolute Gasteiger partial charge is 0.457 e. The molecule has 2 aromatic carbocycles. The third-order valence-electron chi connectivity index (χ3n) is 3.40. The highest BCUT2D eigenvalue weighted by Gasteiger charge is 2.11. The number of carbonyl (C=O) groups is 1. The molecule has 1 heterocycles. The van der Waals surface area contributed by atoms with Gasteiger partial charge in [-0.05, 0) is 37.3 Å². The number of hydrogen-bond acceptors (Lipinski definition) is 4. The Morgan fingerprint density at radius 2 is 2.00 bits per heavy atom. The maximum atomic E-state index is 12.1. The zero-order valence-electron chi connectivity index (χ0n) is 12.3. The molecule has 0 saturated heterocycles. The number of carbonyl (C=O) groups excluding carboxylic acids is 1. The first-order chi connectivity index (χ1) is 11.0. The fraction of sp³-hybridized carbons (Fsp3) is 0.111. The van der Waals surface area contributed by atoms with Crippen molar-refractivity contribution >= 4 is 32.9 Å². The van der Waals surface area contributed by atoms with E-state index in [0.29, 0.717) is 16.7 Å². The fourth-order valence-electron chi connectivity index (χ4n) is 2.32. The predicted octanol–water partition coefficient (Wildman–Crippen LogP) is 4.22. The van der Waals surface area contributed by atoms with Gasteiger partial charge in [0.05, 0.1) is 5.56 Å². The molecule has 0 N–H and O–H groups in total. The van der Waals surface area contributed by atoms with Crippen molar-refractivity contribution < 1.29 is 13.9 Å². The second-order valence-electron chi connectivity index (χ2n) is 5.18. The number of halogens is 1. The highest BCUT2D eigenvalue weighted by atomic mass is 79.9. The first kappa shape index (κ1) is 15.5. The lowest BCUT2D eigenvalue weighted by molar-refractivity contribution is 0.0473. The van der Waals surface area contributed by atoms with E-state index in [9.17, 15) is 9.59 Å². The van der Waals surface area contributed by atoms with E-state index in [1.54, 1.807) is 24.3 Å². The molecule has 0 saturated carbocycles. The maximum absolute atomic E-state index is 12.1. The van der Waals surface area contributed by atoms with E-state index < -0.39 is 11.6 Å². The van der Waals surface area contributed by atoms with Crippen molar-refractivity contribution in [1.29, 1.82) is 0 Å². The van der Waals surface area contributed by atoms with Crippen LogP contribution >= 0.6 is 15.9 Å². The quantitative estimate of drug-likeness (QED) is 0.510. The fourth-order valence-corrected chi connectivity index (χ4v) is 2.66. The van der Waals surface area contributed by atoms with Gasteiger partial charge in [0.1, 0.15) is 12.2 Å². The van der Waals surface area contributed by atoms with E-state index in [-0.39, 0.29) is 6.61 Å². The van der Waals surface area contributed by atoms with Gasteiger partial charge in [-0.1, -0.05) is 33.6 Å². The van der Waals surface area contributed by atoms with Crippen LogP contribution in [0.5, 0.6) is 0 Å². The molecule has 3 aromatic rings. The van der Waals surface area contributed by atoms with Crippen LogP contribution in [0.3, 0.4) is 0 Å². The topological polar surface area (TPSA) is 56.5 Å². The Morgan fingerprint density at radius 3 is 2.78 bits per heavy atom. The number of rotatable bonds is 3. The Bertz CT molecular complexity index is 943. The Kier molecular flexibility index (Phi) is 4.30. The number of fused-ring (bicyclic) bond motifs is 1. The summed E-state index contributed by atoms with van der Waals surface area (Å²) >= 11 is 3.33. The third kappa shape index (κ3) is 3.51. The van der Waals surface area contributed by atoms with Crippen molar-refractivity contribution in [2.75, 3.05) is 0 Å². The van der Waals surface area contributed by atoms with Gasteiger partial charge in [0, 0.05) is 21.5 Å². The molecule has 3 rings (SSSR count). The lowest BCUT2D eigenvalue weighted by Crippen LogP contribution is -2.08. The van der Waals surface area contributed by atoms with E-state index in [1.165, 1.54) is 6.07 Å². The molecule has 0 aliphatic carbocycles. The van der Waals surface area contributed by atoms with Crippen molar-refractivity contribution in [3.63, 3.8) is 0 Å². The van der Waals surface area contributed by atoms with E-state index in [1.807, 2.05) is 25.1 Å². The van der Waals surface area contributed by atoms with Crippen molar-refractivity contribution in [2.24, 2.45) is 0 Å². The summed E-state index contributed by atoms with van der Waals surface area (Å²) in [5.41, 5.74) is 2.06. The van der Waals surface area contributed by atoms with E-state index in [2.05, 4.69) is 15.9 Å². The van der Waals surface area contributed by atoms with E-state index in [0.717, 1.165) is 15.4 Å². The first-order valence-corrected chi connectivity index (χ1v) is 7.78. The molecule has 0 spiro atoms. The molecule has 0 atom stereocenters. The van der Waals surface area contributed by atoms with Gasteiger partial charge in [0.25, 0.3) is 0 Å². The Labute approximate surface area is 140 Å². The number of aryl methyl sites for hydroxylation is 1. The van der Waals surface area contributed by atoms with E-state index >= 15 is 0 Å². The van der Waals surface area contributed by atoms with Crippen molar-refractivity contribution in [2.45, 2.75) is 13.5 Å². The molecule has 116 valence electrons. The standard InChI is InChI=1S/C18H13BrO4/c1-11-3-2-4-12(7-11)18(21)22-10-13-8-17(20)23-16-9-14(19)5-6-15(13)16/h2-9H,10H2,1H3. The Morgan fingerprint density at radius 1 is 1.17 bits per heavy atom. The SMILES string of the molecule is Cc1cccc(C(=O)OCc2cc(=O)oc3cc(Br)ccc23)c1. The second kappa shape index (κ2) is 6.38. The minimum atomic E-state index is -0.475. The van der Waals surface area contributed by atoms with Gasteiger partial charge in [-0.15, -0.1) is 0 Å². The minimum absolute atomic E-state index is 0.0104. The summed E-state index contributed by atoms with van der Waals surface area (Å²) in [4.78, 5) is 23.8. The zero-order chi connectivity index (χ0) is 16.4. The normalized spacial score (nSPS) is 10.7. The molecule has 23 heavy (non-hydrogen) atoms. The van der Waals surface area contributed by atoms with Crippen LogP contribution in [0.25, 0.3) is 11.0 Å². The molecule has 0 radical (unpaired) electrons. The number of hydrogen-bond donors (Lipinski definition) is 0. The van der Waals surface area contributed by atoms with Crippen molar-refractivity contribution in [1.82, 2.24) is 0 Å². The van der Waals surface area contributed by atoms with Gasteiger partial charge < -0.3 is 9.15 Å². The van der Waals surface area contributed by atoms with Crippen molar-refractivity contribution in [3.05, 3.63) is 80.1 Å². The maximum Gasteiger partial charge on any atom is 0.338 e. The van der Waals surface area contributed by atoms with Crippen LogP contribution in [0.4, 0.5) is 0 Å². The van der Waals surface area contributed by atoms with Gasteiger partial charge >= 0.3 is 11.6 Å². The molecule has 0 unspecified atom stereocenters. The van der Waals surface area contributed by atoms with Crippen LogP contribution in [0, 0.1) is 6.92 Å². The summed E-state index contributed by atoms with van der Waals surface area (Å²) in [6, 6.07) is 13.9. The van der Waals surface area contributed by atoms with Crippen molar-refractivity contribution in [3.8, 4) is 0 Å². The van der Waals surface area contributed by atoms with Gasteiger partial charge in [0.15, 0.2) is 0 Å². The second-order valence-corrected chi connectivity index (χ2v) is 6.09. The molecule has 0 amide bonds. The monoisotopic (exact) mass is 372 g/mol. The van der Waals surface area contributed by atoms with Crippen LogP contribution < -0.4 is 5.63 Å². The lowest BCUT2D eigenvalue weighted by atomic mass is 10.1. The van der Waals surface area contributed by atoms with E-state index in [4.69, 9.17) is 9.15 Å². The molecule has 0 bridgehead atoms. The summed E-state index contributed by atoms with van der Waals surface area (Å²) in [7, 11) is 0. The van der Waals surface area contributed by atoms with Crippen LogP contribution in [0.2, 0.25) is 0 Å². The van der Waals surface area contributed by atoms with Gasteiger partial charge in [-0.25, -0.2) is 9.59 Å². The smallest absolute Gasteiger partial charge is 0.338 e. The van der Waals surface area contributed by atoms with Crippen LogP contribution in [0.15, 0.2) is 62.2 Å². The highest BCUT2D eigenvalue weighted by molar-refractivity contribution is 9.10. The summed E-state index contributed by atoms with van der Waals surface area (Å²) in [6.07, 6.45) is 0. The molecule has 1 aromatic heterocycles. The summed E-state index contributed by atoms with van der Waals surface area (Å²) < 4.78 is 11.3. The molecule has 5 heteroatoms. The predicted molar refractivity (Wildman–Crippen MR) is 90.5 cm³/mol. The zero-order valence-corrected chi connectivity index (χ0v) is 13.9. The van der Waals surface area contributed by atoms with Crippen LogP contribution in [0.1, 0.15) is 21.5 Å². The molecular weight excluding hydrogens is 360 g/mol. The number of benzene rings is 2. The minimum Gasteiger partial charge on any atom is -0.457 e. The Balaban J connectivity index is 1.87. The summed E-state index contributed by atoms with van der Waals surface area (Å²) in [5, 5.41) is 0.741. The van der Waals surface area contributed by atoms with Gasteiger partial charge in [0.2, 0.25) is 0 Å². The molecule has 0 aliphatic heterocycles. The molecular formula is C18H13BrO4. The highest BCUT2D eigenvalue weighted by Crippen LogP contribution is 2.22.